The number of aromatic nitrogens is 3. The van der Waals surface area contributed by atoms with Gasteiger partial charge in [0.25, 0.3) is 0 Å². The number of carbonyl (C=O) groups is 1. The molecule has 0 fully saturated rings. The van der Waals surface area contributed by atoms with Crippen molar-refractivity contribution in [2.75, 3.05) is 25.5 Å². The number of hydrogen-bond acceptors (Lipinski definition) is 19. The molecule has 4 aromatic rings. The Morgan fingerprint density at radius 2 is 1.51 bits per heavy atom. The van der Waals surface area contributed by atoms with Crippen molar-refractivity contribution in [2.24, 2.45) is 20.5 Å². The van der Waals surface area contributed by atoms with E-state index in [0.29, 0.717) is 18.2 Å². The Kier molecular flexibility index (Phi) is 15.4. The number of halogens is 1. The van der Waals surface area contributed by atoms with Crippen molar-refractivity contribution in [1.82, 2.24) is 15.0 Å². The van der Waals surface area contributed by atoms with E-state index < -0.39 is 91.6 Å². The van der Waals surface area contributed by atoms with Gasteiger partial charge < -0.3 is 54.4 Å². The van der Waals surface area contributed by atoms with Crippen molar-refractivity contribution in [3.05, 3.63) is 99.7 Å². The number of phenols is 1. The van der Waals surface area contributed by atoms with E-state index in [2.05, 4.69) is 52.6 Å². The van der Waals surface area contributed by atoms with E-state index in [1.165, 1.54) is 12.1 Å². The second-order valence-electron chi connectivity index (χ2n) is 10.2. The van der Waals surface area contributed by atoms with Crippen molar-refractivity contribution in [3.63, 3.8) is 0 Å². The fourth-order valence-electron chi connectivity index (χ4n) is 3.95. The molecular weight excluding hydrogens is 862 g/mol. The van der Waals surface area contributed by atoms with Crippen LogP contribution in [-0.2, 0) is 51.9 Å². The number of nitrogens with zero attached hydrogens (tertiary/aromatic N) is 9. The van der Waals surface area contributed by atoms with Crippen LogP contribution >= 0.6 is 11.6 Å². The number of phenolic OH excluding ortho intramolecular Hbond substituents is 1. The van der Waals surface area contributed by atoms with Gasteiger partial charge in [-0.1, -0.05) is 48.5 Å². The van der Waals surface area contributed by atoms with Crippen molar-refractivity contribution in [1.29, 1.82) is 0 Å². The quantitative estimate of drug-likeness (QED) is 0.0641. The summed E-state index contributed by atoms with van der Waals surface area (Å²) in [6.45, 7) is 2.95. The Hall–Kier alpha value is -4.98. The molecule has 1 atom stereocenters. The Morgan fingerprint density at radius 1 is 0.891 bits per heavy atom. The van der Waals surface area contributed by atoms with Gasteiger partial charge in [-0.3, -0.25) is 0 Å². The molecule has 55 heavy (non-hydrogen) atoms. The number of azo groups is 2. The number of benzene rings is 3. The number of carboxylic acid groups (broad SMARTS) is 1. The summed E-state index contributed by atoms with van der Waals surface area (Å²) in [5.41, 5.74) is -2.23. The molecule has 1 aromatic heterocycles. The van der Waals surface area contributed by atoms with Crippen LogP contribution in [-0.4, -0.2) is 85.9 Å². The molecule has 295 valence electrons. The van der Waals surface area contributed by atoms with Crippen LogP contribution in [0.5, 0.6) is 5.75 Å². The fraction of sp³-hybridized carbons (Fsp3) is 0.172. The van der Waals surface area contributed by atoms with E-state index in [1.54, 1.807) is 18.2 Å². The van der Waals surface area contributed by atoms with Gasteiger partial charge in [0.1, 0.15) is 25.9 Å². The van der Waals surface area contributed by atoms with Crippen molar-refractivity contribution in [3.8, 4) is 5.75 Å². The molecule has 0 aliphatic heterocycles. The van der Waals surface area contributed by atoms with Crippen LogP contribution in [0.25, 0.3) is 10.6 Å². The summed E-state index contributed by atoms with van der Waals surface area (Å²) in [7, 11) is -13.7. The van der Waals surface area contributed by atoms with Crippen LogP contribution in [0.2, 0.25) is 5.28 Å². The number of rotatable bonds is 18. The molecule has 0 saturated heterocycles. The molecule has 3 aromatic carbocycles. The van der Waals surface area contributed by atoms with Crippen LogP contribution in [0.3, 0.4) is 0 Å². The van der Waals surface area contributed by atoms with E-state index in [-0.39, 0.29) is 54.1 Å². The number of aromatic hydroxyl groups is 1. The fourth-order valence-corrected chi connectivity index (χ4v) is 5.62. The molecule has 0 spiro atoms. The summed E-state index contributed by atoms with van der Waals surface area (Å²) >= 11 is 5.96. The minimum absolute atomic E-state index is 0. The van der Waals surface area contributed by atoms with Gasteiger partial charge in [0.15, 0.2) is 15.6 Å². The summed E-state index contributed by atoms with van der Waals surface area (Å²) < 4.78 is 98.9. The molecule has 1 radical (unpaired) electrons. The summed E-state index contributed by atoms with van der Waals surface area (Å²) in [4.78, 5) is 21.4. The SMILES string of the molecule is C=CS(=O)(=O)CCOCC[N-]c1nc(Cl)nc([N-]c2cc(S(=O)(=O)[O-])cc(N=NC(N=Nc3cc(S(=O)(=O)[O-])ccc3C(=O)[O-])c3ccccc3)c2O)n1.[Cu+2]. The molecular formula is C29H23ClCuN9O12S3-3. The van der Waals surface area contributed by atoms with Gasteiger partial charge in [-0.05, 0) is 30.3 Å². The molecule has 1 unspecified atom stereocenters. The summed E-state index contributed by atoms with van der Waals surface area (Å²) in [6.07, 6.45) is -1.48. The number of carboxylic acids is 1. The second kappa shape index (κ2) is 19.1. The third kappa shape index (κ3) is 13.1. The zero-order valence-corrected chi connectivity index (χ0v) is 31.5. The number of ether oxygens (including phenoxy) is 1. The predicted octanol–water partition coefficient (Wildman–Crippen LogP) is 3.88. The predicted molar refractivity (Wildman–Crippen MR) is 183 cm³/mol. The first-order valence-electron chi connectivity index (χ1n) is 14.6. The van der Waals surface area contributed by atoms with Gasteiger partial charge in [0, 0.05) is 40.7 Å². The van der Waals surface area contributed by atoms with Crippen molar-refractivity contribution < 1.29 is 71.2 Å². The number of sulfone groups is 1. The Balaban J connectivity index is 0.00000812. The first kappa shape index (κ1) is 44.4. The summed E-state index contributed by atoms with van der Waals surface area (Å²) in [5, 5.41) is 46.5. The average molecular weight is 885 g/mol. The molecule has 21 nitrogen and oxygen atoms in total. The van der Waals surface area contributed by atoms with Crippen molar-refractivity contribution in [2.45, 2.75) is 16.0 Å². The first-order chi connectivity index (χ1) is 25.4. The molecule has 0 bridgehead atoms. The summed E-state index contributed by atoms with van der Waals surface area (Å²) in [5.74, 6) is -3.71. The van der Waals surface area contributed by atoms with Crippen LogP contribution in [0, 0.1) is 0 Å². The molecule has 1 N–H and O–H groups in total. The van der Waals surface area contributed by atoms with Crippen LogP contribution < -0.4 is 5.11 Å². The van der Waals surface area contributed by atoms with Crippen LogP contribution in [0.15, 0.2) is 103 Å². The van der Waals surface area contributed by atoms with Gasteiger partial charge in [0.05, 0.1) is 45.7 Å². The van der Waals surface area contributed by atoms with Crippen LogP contribution in [0.4, 0.5) is 29.0 Å². The largest absolute Gasteiger partial charge is 2.00 e. The normalized spacial score (nSPS) is 12.6. The van der Waals surface area contributed by atoms with E-state index in [0.717, 1.165) is 17.5 Å². The smallest absolute Gasteiger partial charge is 0.744 e. The van der Waals surface area contributed by atoms with Gasteiger partial charge in [-0.2, -0.15) is 15.3 Å². The summed E-state index contributed by atoms with van der Waals surface area (Å²) in [6, 6.07) is 11.2. The molecule has 26 heteroatoms. The molecule has 1 heterocycles. The number of aromatic carboxylic acids is 1. The second-order valence-corrected chi connectivity index (χ2v) is 15.4. The Morgan fingerprint density at radius 3 is 2.13 bits per heavy atom. The maximum absolute atomic E-state index is 12.0. The Bertz CT molecular complexity index is 2440. The van der Waals surface area contributed by atoms with Gasteiger partial charge >= 0.3 is 17.1 Å². The topological polar surface area (TPSA) is 334 Å². The standard InChI is InChI=1S/C29H27ClN9O12S3.Cu/c1-2-52(43,44)13-12-51-11-10-31-28-33-27(30)34-29(35-28)32-22-15-19(54(48,49)50)16-23(24(22)40)37-39-25(17-6-4-3-5-7-17)38-36-21-14-18(53(45,46)47)8-9-20(21)26(41)42;/h2-9,14-16,25H,1,10-13H2,(H5-,31,32,33,34,35,36,37,38,39,40,41,42,45,46,47,48,49,50);/q-1;+2/p-4. The van der Waals surface area contributed by atoms with E-state index in [1.807, 2.05) is 0 Å². The maximum Gasteiger partial charge on any atom is 2.00 e. The minimum Gasteiger partial charge on any atom is -0.744 e. The molecule has 0 aliphatic rings. The molecule has 4 rings (SSSR count). The maximum atomic E-state index is 12.0. The monoisotopic (exact) mass is 883 g/mol. The molecule has 0 saturated carbocycles. The van der Waals surface area contributed by atoms with Gasteiger partial charge in [0.2, 0.25) is 6.17 Å². The minimum atomic E-state index is -5.23. The number of hydrogen-bond donors (Lipinski definition) is 1. The molecule has 0 aliphatic carbocycles. The van der Waals surface area contributed by atoms with Crippen molar-refractivity contribution >= 4 is 76.6 Å². The van der Waals surface area contributed by atoms with E-state index >= 15 is 0 Å². The third-order valence-electron chi connectivity index (χ3n) is 6.52. The third-order valence-corrected chi connectivity index (χ3v) is 9.57. The van der Waals surface area contributed by atoms with Gasteiger partial charge in [-0.25, -0.2) is 25.3 Å². The first-order valence-corrected chi connectivity index (χ1v) is 19.5. The Labute approximate surface area is 328 Å². The molecule has 0 amide bonds. The zero-order valence-electron chi connectivity index (χ0n) is 27.3. The van der Waals surface area contributed by atoms with Gasteiger partial charge in [-0.15, -0.1) is 5.11 Å². The van der Waals surface area contributed by atoms with E-state index in [4.69, 9.17) is 16.3 Å². The average Bonchev–Trinajstić information content (AvgIpc) is 3.10. The van der Waals surface area contributed by atoms with Crippen LogP contribution in [0.1, 0.15) is 22.1 Å². The van der Waals surface area contributed by atoms with E-state index in [9.17, 15) is 49.4 Å². The zero-order chi connectivity index (χ0) is 39.7. The number of carbonyl (C=O) groups excluding carboxylic acids is 1.